The van der Waals surface area contributed by atoms with E-state index in [1.165, 1.54) is 16.9 Å². The molecule has 166 valence electrons. The highest BCUT2D eigenvalue weighted by molar-refractivity contribution is 7.17. The Morgan fingerprint density at radius 1 is 1.13 bits per heavy atom. The van der Waals surface area contributed by atoms with Crippen molar-refractivity contribution in [2.45, 2.75) is 39.7 Å². The molecule has 3 aromatic rings. The van der Waals surface area contributed by atoms with Crippen molar-refractivity contribution < 1.29 is 14.6 Å². The predicted molar refractivity (Wildman–Crippen MR) is 120 cm³/mol. The molecule has 9 heteroatoms. The summed E-state index contributed by atoms with van der Waals surface area (Å²) in [5, 5.41) is 15.5. The van der Waals surface area contributed by atoms with Gasteiger partial charge in [0.2, 0.25) is 10.8 Å². The molecule has 1 fully saturated rings. The van der Waals surface area contributed by atoms with Crippen molar-refractivity contribution in [3.63, 3.8) is 0 Å². The lowest BCUT2D eigenvalue weighted by atomic mass is 10.0. The van der Waals surface area contributed by atoms with Gasteiger partial charge in [-0.3, -0.25) is 4.90 Å². The van der Waals surface area contributed by atoms with E-state index in [2.05, 4.69) is 46.2 Å². The lowest BCUT2D eigenvalue weighted by Crippen LogP contribution is -2.49. The number of aromatic nitrogens is 3. The third-order valence-corrected chi connectivity index (χ3v) is 6.79. The van der Waals surface area contributed by atoms with E-state index in [0.717, 1.165) is 29.1 Å². The summed E-state index contributed by atoms with van der Waals surface area (Å²) in [7, 11) is 0. The molecule has 2 aromatic heterocycles. The maximum atomic E-state index is 12.1. The Bertz CT molecular complexity index is 1040. The van der Waals surface area contributed by atoms with Crippen LogP contribution in [0.1, 0.15) is 48.6 Å². The molecule has 0 radical (unpaired) electrons. The monoisotopic (exact) mass is 443 g/mol. The quantitative estimate of drug-likeness (QED) is 0.628. The largest absolute Gasteiger partial charge is 0.492 e. The van der Waals surface area contributed by atoms with Gasteiger partial charge in [-0.2, -0.15) is 4.52 Å². The minimum atomic E-state index is -0.264. The second-order valence-electron chi connectivity index (χ2n) is 7.59. The van der Waals surface area contributed by atoms with Gasteiger partial charge in [0.05, 0.1) is 17.5 Å². The van der Waals surface area contributed by atoms with Crippen LogP contribution in [-0.2, 0) is 17.6 Å². The zero-order chi connectivity index (χ0) is 22.0. The number of amides is 1. The van der Waals surface area contributed by atoms with E-state index in [9.17, 15) is 9.90 Å². The highest BCUT2D eigenvalue weighted by atomic mass is 32.1. The van der Waals surface area contributed by atoms with E-state index in [4.69, 9.17) is 4.74 Å². The molecule has 1 aromatic carbocycles. The Morgan fingerprint density at radius 3 is 2.42 bits per heavy atom. The van der Waals surface area contributed by atoms with Crippen LogP contribution in [0.25, 0.3) is 4.96 Å². The van der Waals surface area contributed by atoms with Crippen molar-refractivity contribution in [2.24, 2.45) is 0 Å². The van der Waals surface area contributed by atoms with Gasteiger partial charge in [0, 0.05) is 32.6 Å². The van der Waals surface area contributed by atoms with Crippen molar-refractivity contribution >= 4 is 22.4 Å². The number of benzene rings is 1. The minimum Gasteiger partial charge on any atom is -0.492 e. The van der Waals surface area contributed by atoms with Crippen molar-refractivity contribution in [1.82, 2.24) is 24.4 Å². The van der Waals surface area contributed by atoms with E-state index in [-0.39, 0.29) is 18.0 Å². The fourth-order valence-electron chi connectivity index (χ4n) is 3.96. The van der Waals surface area contributed by atoms with Gasteiger partial charge < -0.3 is 14.7 Å². The molecule has 4 rings (SSSR count). The van der Waals surface area contributed by atoms with E-state index in [1.807, 2.05) is 13.8 Å². The molecule has 8 nitrogen and oxygen atoms in total. The number of fused-ring (bicyclic) bond motifs is 1. The zero-order valence-electron chi connectivity index (χ0n) is 18.2. The van der Waals surface area contributed by atoms with Crippen LogP contribution in [0.15, 0.2) is 24.3 Å². The maximum absolute atomic E-state index is 12.1. The first-order chi connectivity index (χ1) is 15.0. The second kappa shape index (κ2) is 9.23. The summed E-state index contributed by atoms with van der Waals surface area (Å²) < 4.78 is 6.70. The van der Waals surface area contributed by atoms with Gasteiger partial charge in [-0.05, 0) is 24.5 Å². The SMILES string of the molecule is CCOC(=O)N1CCN(C(c2ccc(CC)cc2)c2sc3nc(CC)nn3c2O)CC1. The summed E-state index contributed by atoms with van der Waals surface area (Å²) in [5.74, 6) is 0.865. The average molecular weight is 444 g/mol. The standard InChI is InChI=1S/C22H29N5O3S/c1-4-15-7-9-16(10-8-15)18(25-11-13-26(14-12-25)22(29)30-6-3)19-20(28)27-21(31-19)23-17(5-2)24-27/h7-10,18,28H,4-6,11-14H2,1-3H3. The maximum Gasteiger partial charge on any atom is 0.409 e. The molecule has 1 atom stereocenters. The second-order valence-corrected chi connectivity index (χ2v) is 8.59. The Hall–Kier alpha value is -2.65. The number of hydrogen-bond donors (Lipinski definition) is 1. The molecule has 1 N–H and O–H groups in total. The topological polar surface area (TPSA) is 83.2 Å². The van der Waals surface area contributed by atoms with Gasteiger partial charge in [0.1, 0.15) is 0 Å². The van der Waals surface area contributed by atoms with Crippen molar-refractivity contribution in [1.29, 1.82) is 0 Å². The van der Waals surface area contributed by atoms with Crippen LogP contribution < -0.4 is 0 Å². The van der Waals surface area contributed by atoms with E-state index in [1.54, 1.807) is 9.42 Å². The van der Waals surface area contributed by atoms with E-state index < -0.39 is 0 Å². The molecule has 1 aliphatic rings. The number of thiazole rings is 1. The molecule has 1 amide bonds. The fraction of sp³-hybridized carbons (Fsp3) is 0.500. The summed E-state index contributed by atoms with van der Waals surface area (Å²) in [6.07, 6.45) is 1.44. The number of aryl methyl sites for hydroxylation is 2. The third kappa shape index (κ3) is 4.24. The number of hydrogen-bond acceptors (Lipinski definition) is 7. The van der Waals surface area contributed by atoms with Crippen molar-refractivity contribution in [2.75, 3.05) is 32.8 Å². The van der Waals surface area contributed by atoms with Crippen LogP contribution in [0.2, 0.25) is 0 Å². The van der Waals surface area contributed by atoms with Gasteiger partial charge in [0.15, 0.2) is 5.82 Å². The summed E-state index contributed by atoms with van der Waals surface area (Å²) in [4.78, 5) is 22.2. The van der Waals surface area contributed by atoms with E-state index in [0.29, 0.717) is 37.7 Å². The number of carbonyl (C=O) groups is 1. The number of aromatic hydroxyl groups is 1. The highest BCUT2D eigenvalue weighted by Crippen LogP contribution is 2.40. The Kier molecular flexibility index (Phi) is 6.43. The Balaban J connectivity index is 1.66. The zero-order valence-corrected chi connectivity index (χ0v) is 19.1. The van der Waals surface area contributed by atoms with Gasteiger partial charge in [-0.15, -0.1) is 5.10 Å². The first kappa shape index (κ1) is 21.6. The van der Waals surface area contributed by atoms with Crippen molar-refractivity contribution in [3.05, 3.63) is 46.1 Å². The molecule has 3 heterocycles. The molecule has 0 spiro atoms. The van der Waals surface area contributed by atoms with Crippen LogP contribution in [0.5, 0.6) is 5.88 Å². The number of rotatable bonds is 6. The first-order valence-electron chi connectivity index (χ1n) is 10.9. The lowest BCUT2D eigenvalue weighted by molar-refractivity contribution is 0.0715. The average Bonchev–Trinajstić information content (AvgIpc) is 3.34. The summed E-state index contributed by atoms with van der Waals surface area (Å²) in [5.41, 5.74) is 2.38. The molecule has 31 heavy (non-hydrogen) atoms. The van der Waals surface area contributed by atoms with Gasteiger partial charge in [-0.1, -0.05) is 49.4 Å². The molecule has 0 bridgehead atoms. The molecule has 0 aliphatic carbocycles. The fourth-order valence-corrected chi connectivity index (χ4v) is 5.10. The van der Waals surface area contributed by atoms with Gasteiger partial charge in [0.25, 0.3) is 0 Å². The van der Waals surface area contributed by atoms with Gasteiger partial charge >= 0.3 is 6.09 Å². The summed E-state index contributed by atoms with van der Waals surface area (Å²) >= 11 is 1.47. The first-order valence-corrected chi connectivity index (χ1v) is 11.7. The molecule has 1 unspecified atom stereocenters. The van der Waals surface area contributed by atoms with E-state index >= 15 is 0 Å². The lowest BCUT2D eigenvalue weighted by Gasteiger charge is -2.38. The number of ether oxygens (including phenoxy) is 1. The van der Waals surface area contributed by atoms with Crippen LogP contribution in [-0.4, -0.2) is 68.4 Å². The third-order valence-electron chi connectivity index (χ3n) is 5.72. The molecule has 0 saturated carbocycles. The molecule has 1 aliphatic heterocycles. The Morgan fingerprint density at radius 2 is 1.84 bits per heavy atom. The highest BCUT2D eigenvalue weighted by Gasteiger charge is 2.33. The summed E-state index contributed by atoms with van der Waals surface area (Å²) in [6.45, 7) is 8.88. The normalized spacial score (nSPS) is 16.0. The van der Waals surface area contributed by atoms with Crippen LogP contribution in [0.4, 0.5) is 4.79 Å². The number of carbonyl (C=O) groups excluding carboxylic acids is 1. The number of nitrogens with zero attached hydrogens (tertiary/aromatic N) is 5. The number of piperazine rings is 1. The van der Waals surface area contributed by atoms with Crippen LogP contribution in [0, 0.1) is 0 Å². The Labute approximate surface area is 186 Å². The van der Waals surface area contributed by atoms with Crippen molar-refractivity contribution in [3.8, 4) is 5.88 Å². The minimum absolute atomic E-state index is 0.131. The molecule has 1 saturated heterocycles. The molecular weight excluding hydrogens is 414 g/mol. The van der Waals surface area contributed by atoms with Crippen LogP contribution >= 0.6 is 11.3 Å². The molecular formula is C22H29N5O3S. The predicted octanol–water partition coefficient (Wildman–Crippen LogP) is 3.48. The summed E-state index contributed by atoms with van der Waals surface area (Å²) in [6, 6.07) is 8.41. The smallest absolute Gasteiger partial charge is 0.409 e. The van der Waals surface area contributed by atoms with Gasteiger partial charge in [-0.25, -0.2) is 9.78 Å². The van der Waals surface area contributed by atoms with Crippen LogP contribution in [0.3, 0.4) is 0 Å².